The summed E-state index contributed by atoms with van der Waals surface area (Å²) in [6.07, 6.45) is -14.1. The van der Waals surface area contributed by atoms with E-state index in [0.717, 1.165) is 22.3 Å². The average Bonchev–Trinajstić information content (AvgIpc) is 3.23. The maximum absolute atomic E-state index is 14.0. The fourth-order valence-electron chi connectivity index (χ4n) is 4.33. The van der Waals surface area contributed by atoms with Gasteiger partial charge in [0.1, 0.15) is 12.6 Å². The summed E-state index contributed by atoms with van der Waals surface area (Å²) in [6.45, 7) is -0.172. The number of rotatable bonds is 6. The lowest BCUT2D eigenvalue weighted by Gasteiger charge is -2.26. The van der Waals surface area contributed by atoms with Crippen molar-refractivity contribution < 1.29 is 41.8 Å². The second-order valence-corrected chi connectivity index (χ2v) is 8.00. The van der Waals surface area contributed by atoms with Crippen molar-refractivity contribution in [3.05, 3.63) is 59.7 Å². The van der Waals surface area contributed by atoms with E-state index in [4.69, 9.17) is 9.84 Å². The first kappa shape index (κ1) is 23.5. The van der Waals surface area contributed by atoms with Crippen LogP contribution in [0.4, 0.5) is 22.4 Å². The molecule has 11 heteroatoms. The highest BCUT2D eigenvalue weighted by molar-refractivity contribution is 5.90. The van der Waals surface area contributed by atoms with Crippen molar-refractivity contribution in [3.8, 4) is 11.1 Å². The number of carbonyl (C=O) groups is 3. The number of alkyl halides is 4. The first-order chi connectivity index (χ1) is 16.2. The van der Waals surface area contributed by atoms with Gasteiger partial charge in [-0.3, -0.25) is 14.5 Å². The quantitative estimate of drug-likeness (QED) is 0.488. The van der Waals surface area contributed by atoms with Crippen LogP contribution >= 0.6 is 0 Å². The largest absolute Gasteiger partial charge is 0.481 e. The molecule has 0 saturated carbocycles. The third kappa shape index (κ3) is 4.17. The maximum Gasteiger partial charge on any atom is 0.407 e. The van der Waals surface area contributed by atoms with Crippen LogP contribution in [0.15, 0.2) is 48.5 Å². The molecular weight excluding hydrogens is 460 g/mol. The Morgan fingerprint density at radius 2 is 1.41 bits per heavy atom. The number of nitrogens with one attached hydrogen (secondary N) is 1. The number of carbonyl (C=O) groups excluding carboxylic acids is 2. The summed E-state index contributed by atoms with van der Waals surface area (Å²) in [6, 6.07) is 13.0. The molecule has 7 nitrogen and oxygen atoms in total. The van der Waals surface area contributed by atoms with Crippen LogP contribution in [0.3, 0.4) is 0 Å². The fourth-order valence-corrected chi connectivity index (χ4v) is 4.33. The van der Waals surface area contributed by atoms with Crippen LogP contribution in [0.1, 0.15) is 23.5 Å². The summed E-state index contributed by atoms with van der Waals surface area (Å²) in [5.41, 5.74) is 3.72. The summed E-state index contributed by atoms with van der Waals surface area (Å²) < 4.78 is 60.1. The van der Waals surface area contributed by atoms with E-state index in [-0.39, 0.29) is 17.4 Å². The number of carboxylic acids is 1. The number of fused-ring (bicyclic) bond motifs is 3. The first-order valence-corrected chi connectivity index (χ1v) is 10.4. The van der Waals surface area contributed by atoms with Gasteiger partial charge in [-0.05, 0) is 22.3 Å². The number of benzene rings is 2. The minimum atomic E-state index is -2.96. The molecule has 2 amide bonds. The van der Waals surface area contributed by atoms with E-state index in [1.165, 1.54) is 0 Å². The minimum Gasteiger partial charge on any atom is -0.481 e. The molecule has 2 aromatic carbocycles. The second kappa shape index (κ2) is 9.32. The lowest BCUT2D eigenvalue weighted by Crippen LogP contribution is -2.52. The Labute approximate surface area is 191 Å². The average molecular weight is 480 g/mol. The molecule has 34 heavy (non-hydrogen) atoms. The third-order valence-electron chi connectivity index (χ3n) is 5.93. The summed E-state index contributed by atoms with van der Waals surface area (Å²) >= 11 is 0. The van der Waals surface area contributed by atoms with E-state index < -0.39 is 55.4 Å². The highest BCUT2D eigenvalue weighted by Gasteiger charge is 2.55. The van der Waals surface area contributed by atoms with Gasteiger partial charge in [-0.1, -0.05) is 48.5 Å². The number of nitrogens with zero attached hydrogens (tertiary/aromatic N) is 1. The smallest absolute Gasteiger partial charge is 0.407 e. The van der Waals surface area contributed by atoms with Crippen LogP contribution in [0, 0.1) is 0 Å². The third-order valence-corrected chi connectivity index (χ3v) is 5.93. The number of hydrogen-bond acceptors (Lipinski definition) is 4. The molecule has 180 valence electrons. The van der Waals surface area contributed by atoms with Gasteiger partial charge in [0.25, 0.3) is 5.91 Å². The summed E-state index contributed by atoms with van der Waals surface area (Å²) in [5.74, 6) is -3.54. The Kier molecular flexibility index (Phi) is 6.45. The molecule has 2 N–H and O–H groups in total. The molecule has 2 aromatic rings. The van der Waals surface area contributed by atoms with Gasteiger partial charge in [0.2, 0.25) is 12.6 Å². The van der Waals surface area contributed by atoms with Crippen molar-refractivity contribution in [2.24, 2.45) is 0 Å². The standard InChI is InChI=1S/C23H20F4N2O5/c24-18-19(25)21(27)29(20(18)26)22(32)16(9-17(30)31)28-23(33)34-10-15-13-7-3-1-5-11(13)12-6-2-4-8-14(12)15/h1-8,15-16,18-21H,9-10H2,(H,28,33)(H,30,31)/t16-,18?,19?,20?,21?/m0/s1. The van der Waals surface area contributed by atoms with Crippen molar-refractivity contribution in [1.82, 2.24) is 10.2 Å². The van der Waals surface area contributed by atoms with Crippen LogP contribution in [-0.4, -0.2) is 65.6 Å². The molecule has 5 atom stereocenters. The number of carboxylic acid groups (broad SMARTS) is 1. The number of aliphatic carboxylic acids is 1. The van der Waals surface area contributed by atoms with Crippen LogP contribution in [0.2, 0.25) is 0 Å². The van der Waals surface area contributed by atoms with Gasteiger partial charge < -0.3 is 15.2 Å². The molecule has 4 unspecified atom stereocenters. The normalized spacial score (nSPS) is 24.3. The van der Waals surface area contributed by atoms with Crippen LogP contribution in [-0.2, 0) is 14.3 Å². The van der Waals surface area contributed by atoms with Gasteiger partial charge >= 0.3 is 12.1 Å². The Bertz CT molecular complexity index is 1060. The van der Waals surface area contributed by atoms with Crippen LogP contribution in [0.5, 0.6) is 0 Å². The molecule has 4 rings (SSSR count). The molecule has 1 heterocycles. The molecule has 1 saturated heterocycles. The minimum absolute atomic E-state index is 0.172. The Hall–Kier alpha value is -3.63. The summed E-state index contributed by atoms with van der Waals surface area (Å²) in [4.78, 5) is 35.7. The van der Waals surface area contributed by atoms with E-state index in [1.807, 2.05) is 53.8 Å². The van der Waals surface area contributed by atoms with E-state index >= 15 is 0 Å². The van der Waals surface area contributed by atoms with E-state index in [9.17, 15) is 31.9 Å². The summed E-state index contributed by atoms with van der Waals surface area (Å²) in [5, 5.41) is 11.0. The van der Waals surface area contributed by atoms with Crippen molar-refractivity contribution in [2.45, 2.75) is 43.3 Å². The van der Waals surface area contributed by atoms with Gasteiger partial charge in [-0.15, -0.1) is 0 Å². The van der Waals surface area contributed by atoms with Crippen LogP contribution < -0.4 is 5.32 Å². The predicted octanol–water partition coefficient (Wildman–Crippen LogP) is 3.48. The molecule has 0 spiro atoms. The number of likely N-dealkylation sites (tertiary alicyclic amines) is 1. The van der Waals surface area contributed by atoms with Gasteiger partial charge in [0.05, 0.1) is 6.42 Å². The molecule has 0 bridgehead atoms. The molecule has 1 aliphatic carbocycles. The zero-order valence-corrected chi connectivity index (χ0v) is 17.5. The molecular formula is C23H20F4N2O5. The number of ether oxygens (including phenoxy) is 1. The van der Waals surface area contributed by atoms with Crippen LogP contribution in [0.25, 0.3) is 11.1 Å². The zero-order valence-electron chi connectivity index (χ0n) is 17.5. The lowest BCUT2D eigenvalue weighted by atomic mass is 9.98. The maximum atomic E-state index is 14.0. The Morgan fingerprint density at radius 1 is 0.912 bits per heavy atom. The monoisotopic (exact) mass is 480 g/mol. The highest BCUT2D eigenvalue weighted by Crippen LogP contribution is 2.44. The number of amides is 2. The topological polar surface area (TPSA) is 95.9 Å². The van der Waals surface area contributed by atoms with Crippen molar-refractivity contribution in [2.75, 3.05) is 6.61 Å². The van der Waals surface area contributed by atoms with Gasteiger partial charge in [-0.2, -0.15) is 0 Å². The lowest BCUT2D eigenvalue weighted by molar-refractivity contribution is -0.149. The molecule has 1 aliphatic heterocycles. The van der Waals surface area contributed by atoms with Crippen molar-refractivity contribution in [3.63, 3.8) is 0 Å². The zero-order chi connectivity index (χ0) is 24.6. The first-order valence-electron chi connectivity index (χ1n) is 10.4. The van der Waals surface area contributed by atoms with E-state index in [2.05, 4.69) is 0 Å². The highest BCUT2D eigenvalue weighted by atomic mass is 19.2. The number of hydrogen-bond donors (Lipinski definition) is 2. The van der Waals surface area contributed by atoms with Gasteiger partial charge in [0, 0.05) is 5.92 Å². The molecule has 1 fully saturated rings. The number of alkyl carbamates (subject to hydrolysis) is 1. The fraction of sp³-hybridized carbons (Fsp3) is 0.348. The summed E-state index contributed by atoms with van der Waals surface area (Å²) in [7, 11) is 0. The van der Waals surface area contributed by atoms with E-state index in [1.54, 1.807) is 0 Å². The molecule has 2 aliphatic rings. The van der Waals surface area contributed by atoms with Gasteiger partial charge in [0.15, 0.2) is 12.3 Å². The molecule has 0 aromatic heterocycles. The second-order valence-electron chi connectivity index (χ2n) is 8.00. The van der Waals surface area contributed by atoms with Crippen molar-refractivity contribution >= 4 is 18.0 Å². The van der Waals surface area contributed by atoms with E-state index in [0.29, 0.717) is 0 Å². The predicted molar refractivity (Wildman–Crippen MR) is 111 cm³/mol. The Morgan fingerprint density at radius 3 is 1.91 bits per heavy atom. The number of halogens is 4. The Balaban J connectivity index is 1.46. The van der Waals surface area contributed by atoms with Gasteiger partial charge in [-0.25, -0.2) is 22.4 Å². The SMILES string of the molecule is O=C(O)C[C@H](NC(=O)OCC1c2ccccc2-c2ccccc21)C(=O)N1C(F)C(F)C(F)C1F. The molecule has 0 radical (unpaired) electrons. The van der Waals surface area contributed by atoms with Crippen molar-refractivity contribution in [1.29, 1.82) is 0 Å².